The van der Waals surface area contributed by atoms with E-state index >= 15 is 0 Å². The summed E-state index contributed by atoms with van der Waals surface area (Å²) in [6, 6.07) is 13.5. The summed E-state index contributed by atoms with van der Waals surface area (Å²) in [5.41, 5.74) is 3.55. The van der Waals surface area contributed by atoms with Gasteiger partial charge in [0.15, 0.2) is 5.11 Å². The van der Waals surface area contributed by atoms with Gasteiger partial charge < -0.3 is 15.4 Å². The zero-order valence-electron chi connectivity index (χ0n) is 17.6. The maximum Gasteiger partial charge on any atom is 0.338 e. The lowest BCUT2D eigenvalue weighted by molar-refractivity contribution is 0.0526. The van der Waals surface area contributed by atoms with Gasteiger partial charge in [0.1, 0.15) is 0 Å². The van der Waals surface area contributed by atoms with Crippen LogP contribution in [-0.2, 0) is 11.2 Å². The van der Waals surface area contributed by atoms with Gasteiger partial charge in [-0.05, 0) is 87.1 Å². The van der Waals surface area contributed by atoms with Crippen LogP contribution in [0.2, 0.25) is 5.02 Å². The first kappa shape index (κ1) is 22.6. The number of halogens is 1. The molecular formula is C24H29ClN2O2S. The molecule has 1 fully saturated rings. The molecule has 30 heavy (non-hydrogen) atoms. The molecule has 4 nitrogen and oxygen atoms in total. The fraction of sp³-hybridized carbons (Fsp3) is 0.417. The molecule has 160 valence electrons. The monoisotopic (exact) mass is 444 g/mol. The van der Waals surface area contributed by atoms with Crippen molar-refractivity contribution in [1.82, 2.24) is 5.32 Å². The molecular weight excluding hydrogens is 416 g/mol. The molecule has 0 heterocycles. The number of benzene rings is 2. The standard InChI is InChI=1S/C24H29ClN2O2S/c1-3-29-22(28)19-10-11-21(17(2)16-19)26-23(30)27-24(13-6-7-14-24)15-12-18-8-4-5-9-20(18)25/h4-5,8-11,16H,3,6-7,12-15H2,1-2H3,(H2,26,27,30). The summed E-state index contributed by atoms with van der Waals surface area (Å²) in [6.45, 7) is 4.12. The second kappa shape index (κ2) is 10.3. The van der Waals surface area contributed by atoms with Crippen LogP contribution >= 0.6 is 23.8 Å². The van der Waals surface area contributed by atoms with Crippen LogP contribution in [0.5, 0.6) is 0 Å². The largest absolute Gasteiger partial charge is 0.462 e. The van der Waals surface area contributed by atoms with Gasteiger partial charge in [-0.25, -0.2) is 4.79 Å². The number of rotatable bonds is 7. The molecule has 0 spiro atoms. The van der Waals surface area contributed by atoms with Crippen LogP contribution in [0.3, 0.4) is 0 Å². The SMILES string of the molecule is CCOC(=O)c1ccc(NC(=S)NC2(CCc3ccccc3Cl)CCCC2)c(C)c1. The lowest BCUT2D eigenvalue weighted by atomic mass is 9.89. The van der Waals surface area contributed by atoms with Gasteiger partial charge in [0.25, 0.3) is 0 Å². The number of carbonyl (C=O) groups is 1. The van der Waals surface area contributed by atoms with Crippen LogP contribution < -0.4 is 10.6 Å². The van der Waals surface area contributed by atoms with E-state index in [9.17, 15) is 4.79 Å². The van der Waals surface area contributed by atoms with Gasteiger partial charge in [0, 0.05) is 16.2 Å². The molecule has 0 unspecified atom stereocenters. The first-order chi connectivity index (χ1) is 14.4. The number of hydrogen-bond donors (Lipinski definition) is 2. The average molecular weight is 445 g/mol. The highest BCUT2D eigenvalue weighted by molar-refractivity contribution is 7.80. The van der Waals surface area contributed by atoms with Gasteiger partial charge in [0.2, 0.25) is 0 Å². The number of thiocarbonyl (C=S) groups is 1. The summed E-state index contributed by atoms with van der Waals surface area (Å²) < 4.78 is 5.07. The minimum absolute atomic E-state index is 0.0119. The molecule has 1 aliphatic rings. The first-order valence-corrected chi connectivity index (χ1v) is 11.3. The second-order valence-electron chi connectivity index (χ2n) is 7.91. The third-order valence-electron chi connectivity index (χ3n) is 5.76. The van der Waals surface area contributed by atoms with Crippen LogP contribution in [0.25, 0.3) is 0 Å². The number of anilines is 1. The smallest absolute Gasteiger partial charge is 0.338 e. The molecule has 1 aliphatic carbocycles. The highest BCUT2D eigenvalue weighted by Crippen LogP contribution is 2.34. The van der Waals surface area contributed by atoms with Gasteiger partial charge in [-0.1, -0.05) is 42.6 Å². The van der Waals surface area contributed by atoms with Crippen LogP contribution in [0.4, 0.5) is 5.69 Å². The molecule has 0 aromatic heterocycles. The van der Waals surface area contributed by atoms with Gasteiger partial charge in [-0.15, -0.1) is 0 Å². The van der Waals surface area contributed by atoms with E-state index < -0.39 is 0 Å². The van der Waals surface area contributed by atoms with Crippen molar-refractivity contribution in [3.05, 3.63) is 64.2 Å². The zero-order valence-corrected chi connectivity index (χ0v) is 19.2. The van der Waals surface area contributed by atoms with E-state index in [1.807, 2.05) is 37.3 Å². The van der Waals surface area contributed by atoms with E-state index in [1.165, 1.54) is 18.4 Å². The van der Waals surface area contributed by atoms with Crippen molar-refractivity contribution in [2.24, 2.45) is 0 Å². The van der Waals surface area contributed by atoms with E-state index in [-0.39, 0.29) is 11.5 Å². The molecule has 0 bridgehead atoms. The maximum atomic E-state index is 11.9. The van der Waals surface area contributed by atoms with Crippen molar-refractivity contribution in [1.29, 1.82) is 0 Å². The number of carbonyl (C=O) groups excluding carboxylic acids is 1. The normalized spacial score (nSPS) is 14.9. The number of nitrogens with one attached hydrogen (secondary N) is 2. The van der Waals surface area contributed by atoms with Crippen LogP contribution in [0.15, 0.2) is 42.5 Å². The Labute approximate surface area is 189 Å². The van der Waals surface area contributed by atoms with Crippen molar-refractivity contribution in [2.45, 2.75) is 57.9 Å². The van der Waals surface area contributed by atoms with E-state index in [2.05, 4.69) is 16.7 Å². The predicted octanol–water partition coefficient (Wildman–Crippen LogP) is 6.06. The highest BCUT2D eigenvalue weighted by atomic mass is 35.5. The summed E-state index contributed by atoms with van der Waals surface area (Å²) in [6.07, 6.45) is 6.50. The van der Waals surface area contributed by atoms with E-state index in [0.717, 1.165) is 42.0 Å². The van der Waals surface area contributed by atoms with E-state index in [4.69, 9.17) is 28.6 Å². The van der Waals surface area contributed by atoms with Crippen LogP contribution in [0.1, 0.15) is 60.5 Å². The molecule has 3 rings (SSSR count). The topological polar surface area (TPSA) is 50.4 Å². The summed E-state index contributed by atoms with van der Waals surface area (Å²) in [7, 11) is 0. The summed E-state index contributed by atoms with van der Waals surface area (Å²) in [5, 5.41) is 8.35. The lowest BCUT2D eigenvalue weighted by Gasteiger charge is -2.32. The van der Waals surface area contributed by atoms with Gasteiger partial charge in [0.05, 0.1) is 12.2 Å². The van der Waals surface area contributed by atoms with Gasteiger partial charge in [-0.2, -0.15) is 0 Å². The molecule has 1 saturated carbocycles. The lowest BCUT2D eigenvalue weighted by Crippen LogP contribution is -2.48. The fourth-order valence-electron chi connectivity index (χ4n) is 4.10. The number of aryl methyl sites for hydroxylation is 2. The van der Waals surface area contributed by atoms with Crippen molar-refractivity contribution < 1.29 is 9.53 Å². The van der Waals surface area contributed by atoms with Crippen molar-refractivity contribution in [3.8, 4) is 0 Å². The van der Waals surface area contributed by atoms with E-state index in [1.54, 1.807) is 13.0 Å². The number of ether oxygens (including phenoxy) is 1. The Hall–Kier alpha value is -2.11. The minimum Gasteiger partial charge on any atom is -0.462 e. The molecule has 2 N–H and O–H groups in total. The molecule has 0 aliphatic heterocycles. The second-order valence-corrected chi connectivity index (χ2v) is 8.72. The van der Waals surface area contributed by atoms with Crippen LogP contribution in [0, 0.1) is 6.92 Å². The third kappa shape index (κ3) is 5.73. The van der Waals surface area contributed by atoms with Crippen LogP contribution in [-0.4, -0.2) is 23.2 Å². The van der Waals surface area contributed by atoms with Crippen molar-refractivity contribution in [2.75, 3.05) is 11.9 Å². The Kier molecular flexibility index (Phi) is 7.73. The van der Waals surface area contributed by atoms with Crippen molar-refractivity contribution >= 4 is 40.6 Å². The molecule has 6 heteroatoms. The van der Waals surface area contributed by atoms with Crippen molar-refractivity contribution in [3.63, 3.8) is 0 Å². The molecule has 0 saturated heterocycles. The number of hydrogen-bond acceptors (Lipinski definition) is 3. The summed E-state index contributed by atoms with van der Waals surface area (Å²) >= 11 is 12.0. The molecule has 0 radical (unpaired) electrons. The average Bonchev–Trinajstić information content (AvgIpc) is 3.17. The Balaban J connectivity index is 1.64. The predicted molar refractivity (Wildman–Crippen MR) is 127 cm³/mol. The fourth-order valence-corrected chi connectivity index (χ4v) is 4.66. The highest BCUT2D eigenvalue weighted by Gasteiger charge is 2.34. The zero-order chi connectivity index (χ0) is 21.6. The Bertz CT molecular complexity index is 910. The molecule has 2 aromatic rings. The van der Waals surface area contributed by atoms with Gasteiger partial charge in [-0.3, -0.25) is 0 Å². The number of esters is 1. The summed E-state index contributed by atoms with van der Waals surface area (Å²) in [4.78, 5) is 11.9. The third-order valence-corrected chi connectivity index (χ3v) is 6.33. The minimum atomic E-state index is -0.308. The molecule has 0 amide bonds. The maximum absolute atomic E-state index is 11.9. The quantitative estimate of drug-likeness (QED) is 0.401. The van der Waals surface area contributed by atoms with Gasteiger partial charge >= 0.3 is 5.97 Å². The Morgan fingerprint density at radius 1 is 1.20 bits per heavy atom. The Morgan fingerprint density at radius 3 is 2.60 bits per heavy atom. The first-order valence-electron chi connectivity index (χ1n) is 10.5. The summed E-state index contributed by atoms with van der Waals surface area (Å²) in [5.74, 6) is -0.308. The molecule has 0 atom stereocenters. The van der Waals surface area contributed by atoms with E-state index in [0.29, 0.717) is 17.3 Å². The molecule has 2 aromatic carbocycles. The Morgan fingerprint density at radius 2 is 1.93 bits per heavy atom.